The Hall–Kier alpha value is -3.26. The molecular weight excluding hydrogens is 320 g/mol. The molecule has 128 valence electrons. The summed E-state index contributed by atoms with van der Waals surface area (Å²) in [6.07, 6.45) is 0.841. The lowest BCUT2D eigenvalue weighted by Crippen LogP contribution is -2.06. The third kappa shape index (κ3) is 3.55. The number of Topliss-reactive ketones (excluding diaryl/α,β-unsaturated/α-hetero) is 1. The van der Waals surface area contributed by atoms with Crippen LogP contribution in [0.3, 0.4) is 0 Å². The summed E-state index contributed by atoms with van der Waals surface area (Å²) < 4.78 is 0. The van der Waals surface area contributed by atoms with Gasteiger partial charge in [-0.1, -0.05) is 84.4 Å². The Morgan fingerprint density at radius 2 is 1.38 bits per heavy atom. The molecule has 0 atom stereocenters. The molecular formula is C24H20O2. The molecule has 26 heavy (non-hydrogen) atoms. The zero-order chi connectivity index (χ0) is 18.5. The maximum absolute atomic E-state index is 13.3. The summed E-state index contributed by atoms with van der Waals surface area (Å²) in [6.45, 7) is 3.89. The van der Waals surface area contributed by atoms with Crippen LogP contribution in [-0.2, 0) is 0 Å². The van der Waals surface area contributed by atoms with E-state index in [9.17, 15) is 9.59 Å². The smallest absolute Gasteiger partial charge is 0.193 e. The van der Waals surface area contributed by atoms with Crippen LogP contribution in [0.2, 0.25) is 0 Å². The number of carbonyl (C=O) groups excluding carboxylic acids is 2. The summed E-state index contributed by atoms with van der Waals surface area (Å²) in [4.78, 5) is 24.8. The minimum Gasteiger partial charge on any atom is -0.298 e. The van der Waals surface area contributed by atoms with Crippen molar-refractivity contribution >= 4 is 23.2 Å². The van der Waals surface area contributed by atoms with Gasteiger partial charge < -0.3 is 0 Å². The fourth-order valence-corrected chi connectivity index (χ4v) is 3.09. The standard InChI is InChI=1S/C24H20O2/c1-17-13-14-21(16-25)22(15-17)18(2)23(19-9-5-3-6-10-19)24(26)20-11-7-4-8-12-20/h3-16H,1-2H3/b23-18-. The van der Waals surface area contributed by atoms with Crippen molar-refractivity contribution in [2.75, 3.05) is 0 Å². The van der Waals surface area contributed by atoms with Gasteiger partial charge in [-0.3, -0.25) is 9.59 Å². The number of rotatable bonds is 5. The highest BCUT2D eigenvalue weighted by Crippen LogP contribution is 2.31. The molecule has 0 amide bonds. The number of carbonyl (C=O) groups is 2. The van der Waals surface area contributed by atoms with Gasteiger partial charge >= 0.3 is 0 Å². The summed E-state index contributed by atoms with van der Waals surface area (Å²) in [5.74, 6) is -0.0485. The van der Waals surface area contributed by atoms with E-state index in [2.05, 4.69) is 0 Å². The van der Waals surface area contributed by atoms with Gasteiger partial charge in [0.15, 0.2) is 12.1 Å². The normalized spacial score (nSPS) is 11.6. The third-order valence-electron chi connectivity index (χ3n) is 4.44. The largest absolute Gasteiger partial charge is 0.298 e. The molecule has 3 aromatic carbocycles. The van der Waals surface area contributed by atoms with Crippen LogP contribution in [0.25, 0.3) is 11.1 Å². The van der Waals surface area contributed by atoms with Crippen LogP contribution >= 0.6 is 0 Å². The minimum atomic E-state index is -0.0485. The first-order valence-corrected chi connectivity index (χ1v) is 8.54. The van der Waals surface area contributed by atoms with Crippen molar-refractivity contribution in [2.45, 2.75) is 13.8 Å². The molecule has 3 aromatic rings. The number of hydrogen-bond acceptors (Lipinski definition) is 2. The maximum Gasteiger partial charge on any atom is 0.193 e. The molecule has 0 saturated heterocycles. The Kier molecular flexibility index (Phi) is 5.23. The van der Waals surface area contributed by atoms with Gasteiger partial charge in [-0.05, 0) is 30.5 Å². The molecule has 0 saturated carbocycles. The van der Waals surface area contributed by atoms with Gasteiger partial charge in [-0.2, -0.15) is 0 Å². The highest BCUT2D eigenvalue weighted by atomic mass is 16.1. The molecule has 0 aliphatic heterocycles. The molecule has 0 aromatic heterocycles. The Morgan fingerprint density at radius 1 is 0.808 bits per heavy atom. The van der Waals surface area contributed by atoms with Crippen molar-refractivity contribution in [3.8, 4) is 0 Å². The van der Waals surface area contributed by atoms with Crippen molar-refractivity contribution in [1.29, 1.82) is 0 Å². The highest BCUT2D eigenvalue weighted by molar-refractivity contribution is 6.34. The Bertz CT molecular complexity index is 968. The summed E-state index contributed by atoms with van der Waals surface area (Å²) in [7, 11) is 0. The van der Waals surface area contributed by atoms with E-state index in [1.807, 2.05) is 86.6 Å². The Morgan fingerprint density at radius 3 is 1.96 bits per heavy atom. The van der Waals surface area contributed by atoms with Gasteiger partial charge in [0.2, 0.25) is 0 Å². The summed E-state index contributed by atoms with van der Waals surface area (Å²) >= 11 is 0. The molecule has 2 nitrogen and oxygen atoms in total. The van der Waals surface area contributed by atoms with Gasteiger partial charge in [0.25, 0.3) is 0 Å². The fraction of sp³-hybridized carbons (Fsp3) is 0.0833. The van der Waals surface area contributed by atoms with Gasteiger partial charge in [-0.15, -0.1) is 0 Å². The maximum atomic E-state index is 13.3. The average Bonchev–Trinajstić information content (AvgIpc) is 2.69. The van der Waals surface area contributed by atoms with E-state index in [0.717, 1.165) is 28.5 Å². The molecule has 0 unspecified atom stereocenters. The molecule has 0 radical (unpaired) electrons. The second-order valence-electron chi connectivity index (χ2n) is 6.27. The van der Waals surface area contributed by atoms with E-state index in [4.69, 9.17) is 0 Å². The predicted molar refractivity (Wildman–Crippen MR) is 106 cm³/mol. The molecule has 0 fully saturated rings. The molecule has 3 rings (SSSR count). The third-order valence-corrected chi connectivity index (χ3v) is 4.44. The molecule has 0 aliphatic rings. The Balaban J connectivity index is 2.27. The van der Waals surface area contributed by atoms with Crippen LogP contribution in [0.5, 0.6) is 0 Å². The first-order chi connectivity index (χ1) is 12.6. The lowest BCUT2D eigenvalue weighted by atomic mass is 9.88. The van der Waals surface area contributed by atoms with Crippen LogP contribution < -0.4 is 0 Å². The number of allylic oxidation sites excluding steroid dienone is 2. The van der Waals surface area contributed by atoms with E-state index in [1.54, 1.807) is 6.07 Å². The second-order valence-corrected chi connectivity index (χ2v) is 6.27. The van der Waals surface area contributed by atoms with Crippen LogP contribution in [0.4, 0.5) is 0 Å². The molecule has 0 spiro atoms. The van der Waals surface area contributed by atoms with E-state index in [0.29, 0.717) is 16.7 Å². The van der Waals surface area contributed by atoms with Crippen molar-refractivity contribution in [3.63, 3.8) is 0 Å². The average molecular weight is 340 g/mol. The topological polar surface area (TPSA) is 34.1 Å². The number of hydrogen-bond donors (Lipinski definition) is 0. The van der Waals surface area contributed by atoms with Crippen molar-refractivity contribution in [3.05, 3.63) is 107 Å². The summed E-state index contributed by atoms with van der Waals surface area (Å²) in [6, 6.07) is 24.5. The number of benzene rings is 3. The highest BCUT2D eigenvalue weighted by Gasteiger charge is 2.19. The lowest BCUT2D eigenvalue weighted by molar-refractivity contribution is 0.105. The van der Waals surface area contributed by atoms with Crippen LogP contribution in [0, 0.1) is 6.92 Å². The van der Waals surface area contributed by atoms with Gasteiger partial charge in [0, 0.05) is 16.7 Å². The number of aldehydes is 1. The molecule has 2 heteroatoms. The first-order valence-electron chi connectivity index (χ1n) is 8.54. The van der Waals surface area contributed by atoms with E-state index >= 15 is 0 Å². The molecule has 0 aliphatic carbocycles. The van der Waals surface area contributed by atoms with Crippen LogP contribution in [0.1, 0.15) is 44.3 Å². The zero-order valence-corrected chi connectivity index (χ0v) is 14.9. The van der Waals surface area contributed by atoms with E-state index in [-0.39, 0.29) is 5.78 Å². The number of ketones is 1. The predicted octanol–water partition coefficient (Wildman–Crippen LogP) is 5.62. The lowest BCUT2D eigenvalue weighted by Gasteiger charge is -2.15. The van der Waals surface area contributed by atoms with E-state index < -0.39 is 0 Å². The minimum absolute atomic E-state index is 0.0485. The summed E-state index contributed by atoms with van der Waals surface area (Å²) in [5.41, 5.74) is 5.32. The van der Waals surface area contributed by atoms with Crippen LogP contribution in [0.15, 0.2) is 78.9 Å². The van der Waals surface area contributed by atoms with Gasteiger partial charge in [0.05, 0.1) is 0 Å². The van der Waals surface area contributed by atoms with Crippen molar-refractivity contribution in [2.24, 2.45) is 0 Å². The SMILES string of the molecule is C/C(=C(/C(=O)c1ccccc1)c1ccccc1)c1cc(C)ccc1C=O. The van der Waals surface area contributed by atoms with Gasteiger partial charge in [-0.25, -0.2) is 0 Å². The molecule has 0 heterocycles. The fourth-order valence-electron chi connectivity index (χ4n) is 3.09. The van der Waals surface area contributed by atoms with E-state index in [1.165, 1.54) is 0 Å². The zero-order valence-electron chi connectivity index (χ0n) is 14.9. The summed E-state index contributed by atoms with van der Waals surface area (Å²) in [5, 5.41) is 0. The Labute approximate surface area is 153 Å². The van der Waals surface area contributed by atoms with Crippen molar-refractivity contribution in [1.82, 2.24) is 0 Å². The second kappa shape index (κ2) is 7.75. The molecule has 0 N–H and O–H groups in total. The molecule has 0 bridgehead atoms. The van der Waals surface area contributed by atoms with Crippen molar-refractivity contribution < 1.29 is 9.59 Å². The quantitative estimate of drug-likeness (QED) is 0.261. The first kappa shape index (κ1) is 17.6. The van der Waals surface area contributed by atoms with Gasteiger partial charge in [0.1, 0.15) is 0 Å². The monoisotopic (exact) mass is 340 g/mol. The van der Waals surface area contributed by atoms with Crippen LogP contribution in [-0.4, -0.2) is 12.1 Å². The number of aryl methyl sites for hydroxylation is 1.